The lowest BCUT2D eigenvalue weighted by molar-refractivity contribution is 0.227. The van der Waals surface area contributed by atoms with Crippen molar-refractivity contribution in [2.45, 2.75) is 19.9 Å². The Labute approximate surface area is 121 Å². The van der Waals surface area contributed by atoms with Crippen molar-refractivity contribution in [3.8, 4) is 11.5 Å². The Kier molecular flexibility index (Phi) is 4.99. The number of nitrogens with zero attached hydrogens (tertiary/aromatic N) is 1. The molecule has 0 radical (unpaired) electrons. The van der Waals surface area contributed by atoms with Gasteiger partial charge in [-0.2, -0.15) is 12.6 Å². The van der Waals surface area contributed by atoms with Crippen molar-refractivity contribution in [1.82, 2.24) is 4.90 Å². The molecule has 0 saturated heterocycles. The van der Waals surface area contributed by atoms with Crippen LogP contribution in [0.15, 0.2) is 12.1 Å². The molecule has 1 aliphatic heterocycles. The maximum absolute atomic E-state index is 5.38. The zero-order valence-electron chi connectivity index (χ0n) is 12.0. The smallest absolute Gasteiger partial charge is 0.161 e. The molecular weight excluding hydrogens is 258 g/mol. The second-order valence-electron chi connectivity index (χ2n) is 5.25. The molecule has 0 aliphatic carbocycles. The van der Waals surface area contributed by atoms with Crippen LogP contribution in [0.1, 0.15) is 18.1 Å². The van der Waals surface area contributed by atoms with E-state index in [4.69, 9.17) is 9.47 Å². The Bertz CT molecular complexity index is 436. The highest BCUT2D eigenvalue weighted by Gasteiger charge is 2.20. The number of hydrogen-bond donors (Lipinski definition) is 1. The van der Waals surface area contributed by atoms with E-state index in [2.05, 4.69) is 36.6 Å². The predicted molar refractivity (Wildman–Crippen MR) is 81.5 cm³/mol. The zero-order chi connectivity index (χ0) is 13.8. The van der Waals surface area contributed by atoms with Gasteiger partial charge >= 0.3 is 0 Å². The first kappa shape index (κ1) is 14.5. The zero-order valence-corrected chi connectivity index (χ0v) is 12.9. The third-order valence-electron chi connectivity index (χ3n) is 3.68. The number of hydrogen-bond acceptors (Lipinski definition) is 4. The van der Waals surface area contributed by atoms with E-state index in [0.717, 1.165) is 43.3 Å². The fourth-order valence-electron chi connectivity index (χ4n) is 2.60. The molecule has 3 nitrogen and oxygen atoms in total. The molecular formula is C15H23NO2S. The molecule has 1 aromatic rings. The van der Waals surface area contributed by atoms with Crippen LogP contribution in [0, 0.1) is 5.92 Å². The summed E-state index contributed by atoms with van der Waals surface area (Å²) in [6.45, 7) is 5.46. The van der Waals surface area contributed by atoms with Crippen LogP contribution in [0.2, 0.25) is 0 Å². The number of benzene rings is 1. The minimum absolute atomic E-state index is 0.630. The fourth-order valence-corrected chi connectivity index (χ4v) is 2.71. The number of thiol groups is 1. The topological polar surface area (TPSA) is 21.7 Å². The second-order valence-corrected chi connectivity index (χ2v) is 5.61. The van der Waals surface area contributed by atoms with Crippen molar-refractivity contribution in [3.05, 3.63) is 23.3 Å². The van der Waals surface area contributed by atoms with Crippen LogP contribution < -0.4 is 9.47 Å². The number of methoxy groups -OCH3 is 2. The van der Waals surface area contributed by atoms with E-state index in [1.165, 1.54) is 11.1 Å². The quantitative estimate of drug-likeness (QED) is 0.839. The van der Waals surface area contributed by atoms with Crippen molar-refractivity contribution in [3.63, 3.8) is 0 Å². The third kappa shape index (κ3) is 3.37. The molecule has 1 heterocycles. The van der Waals surface area contributed by atoms with Crippen molar-refractivity contribution in [2.24, 2.45) is 5.92 Å². The summed E-state index contributed by atoms with van der Waals surface area (Å²) in [5, 5.41) is 0. The van der Waals surface area contributed by atoms with Crippen molar-refractivity contribution < 1.29 is 9.47 Å². The SMILES string of the molecule is COc1cc2c(cc1OC)CN(CC(C)CS)CC2. The Hall–Kier alpha value is -0.870. The van der Waals surface area contributed by atoms with E-state index in [0.29, 0.717) is 5.92 Å². The average Bonchev–Trinajstić information content (AvgIpc) is 2.45. The number of rotatable bonds is 5. The summed E-state index contributed by atoms with van der Waals surface area (Å²) in [4.78, 5) is 2.50. The highest BCUT2D eigenvalue weighted by atomic mass is 32.1. The minimum Gasteiger partial charge on any atom is -0.493 e. The van der Waals surface area contributed by atoms with Crippen LogP contribution >= 0.6 is 12.6 Å². The van der Waals surface area contributed by atoms with Crippen LogP contribution in [0.25, 0.3) is 0 Å². The van der Waals surface area contributed by atoms with Gasteiger partial charge in [0.1, 0.15) is 0 Å². The molecule has 1 aliphatic rings. The highest BCUT2D eigenvalue weighted by molar-refractivity contribution is 7.80. The van der Waals surface area contributed by atoms with Gasteiger partial charge in [0.05, 0.1) is 14.2 Å². The van der Waals surface area contributed by atoms with Crippen LogP contribution in [-0.4, -0.2) is 38.0 Å². The van der Waals surface area contributed by atoms with E-state index >= 15 is 0 Å². The van der Waals surface area contributed by atoms with Crippen molar-refractivity contribution >= 4 is 12.6 Å². The van der Waals surface area contributed by atoms with Gasteiger partial charge in [-0.05, 0) is 41.4 Å². The van der Waals surface area contributed by atoms with Crippen LogP contribution in [0.3, 0.4) is 0 Å². The van der Waals surface area contributed by atoms with Gasteiger partial charge in [0, 0.05) is 19.6 Å². The molecule has 19 heavy (non-hydrogen) atoms. The lowest BCUT2D eigenvalue weighted by atomic mass is 9.98. The summed E-state index contributed by atoms with van der Waals surface area (Å²) in [5.74, 6) is 3.23. The lowest BCUT2D eigenvalue weighted by Crippen LogP contribution is -2.34. The summed E-state index contributed by atoms with van der Waals surface area (Å²) in [7, 11) is 3.38. The van der Waals surface area contributed by atoms with Gasteiger partial charge in [-0.15, -0.1) is 0 Å². The van der Waals surface area contributed by atoms with Gasteiger partial charge in [-0.3, -0.25) is 4.90 Å². The lowest BCUT2D eigenvalue weighted by Gasteiger charge is -2.31. The fraction of sp³-hybridized carbons (Fsp3) is 0.600. The molecule has 0 N–H and O–H groups in total. The van der Waals surface area contributed by atoms with Crippen LogP contribution in [0.4, 0.5) is 0 Å². The average molecular weight is 281 g/mol. The molecule has 0 bridgehead atoms. The monoisotopic (exact) mass is 281 g/mol. The summed E-state index contributed by atoms with van der Waals surface area (Å²) < 4.78 is 10.7. The molecule has 106 valence electrons. The Morgan fingerprint density at radius 3 is 2.42 bits per heavy atom. The Morgan fingerprint density at radius 2 is 1.84 bits per heavy atom. The second kappa shape index (κ2) is 6.53. The largest absolute Gasteiger partial charge is 0.493 e. The first-order valence-electron chi connectivity index (χ1n) is 6.75. The van der Waals surface area contributed by atoms with Crippen molar-refractivity contribution in [2.75, 3.05) is 33.1 Å². The molecule has 0 saturated carbocycles. The van der Waals surface area contributed by atoms with Crippen LogP contribution in [0.5, 0.6) is 11.5 Å². The summed E-state index contributed by atoms with van der Waals surface area (Å²) in [5.41, 5.74) is 2.74. The molecule has 0 fully saturated rings. The summed E-state index contributed by atoms with van der Waals surface area (Å²) in [6, 6.07) is 4.24. The molecule has 1 atom stereocenters. The van der Waals surface area contributed by atoms with Gasteiger partial charge in [0.15, 0.2) is 11.5 Å². The predicted octanol–water partition coefficient (Wildman–Crippen LogP) is 2.63. The molecule has 0 aromatic heterocycles. The Balaban J connectivity index is 2.15. The molecule has 2 rings (SSSR count). The molecule has 1 aromatic carbocycles. The van der Waals surface area contributed by atoms with Gasteiger partial charge in [0.2, 0.25) is 0 Å². The maximum atomic E-state index is 5.38. The van der Waals surface area contributed by atoms with Gasteiger partial charge in [0.25, 0.3) is 0 Å². The number of fused-ring (bicyclic) bond motifs is 1. The molecule has 4 heteroatoms. The summed E-state index contributed by atoms with van der Waals surface area (Å²) in [6.07, 6.45) is 1.08. The van der Waals surface area contributed by atoms with Crippen LogP contribution in [-0.2, 0) is 13.0 Å². The summed E-state index contributed by atoms with van der Waals surface area (Å²) >= 11 is 4.36. The molecule has 1 unspecified atom stereocenters. The van der Waals surface area contributed by atoms with Crippen molar-refractivity contribution in [1.29, 1.82) is 0 Å². The first-order chi connectivity index (χ1) is 9.17. The third-order valence-corrected chi connectivity index (χ3v) is 4.30. The molecule has 0 spiro atoms. The normalized spacial score (nSPS) is 16.8. The van der Waals surface area contributed by atoms with E-state index in [1.807, 2.05) is 0 Å². The Morgan fingerprint density at radius 1 is 1.21 bits per heavy atom. The number of ether oxygens (including phenoxy) is 2. The minimum atomic E-state index is 0.630. The standard InChI is InChI=1S/C15H23NO2S/c1-11(10-19)8-16-5-4-12-6-14(17-2)15(18-3)7-13(12)9-16/h6-7,11,19H,4-5,8-10H2,1-3H3. The van der Waals surface area contributed by atoms with Gasteiger partial charge in [-0.1, -0.05) is 6.92 Å². The van der Waals surface area contributed by atoms with E-state index in [9.17, 15) is 0 Å². The van der Waals surface area contributed by atoms with E-state index in [1.54, 1.807) is 14.2 Å². The molecule has 0 amide bonds. The van der Waals surface area contributed by atoms with E-state index in [-0.39, 0.29) is 0 Å². The van der Waals surface area contributed by atoms with Gasteiger partial charge in [-0.25, -0.2) is 0 Å². The maximum Gasteiger partial charge on any atom is 0.161 e. The first-order valence-corrected chi connectivity index (χ1v) is 7.38. The highest BCUT2D eigenvalue weighted by Crippen LogP contribution is 2.33. The van der Waals surface area contributed by atoms with E-state index < -0.39 is 0 Å². The van der Waals surface area contributed by atoms with Gasteiger partial charge < -0.3 is 9.47 Å².